The van der Waals surface area contributed by atoms with Crippen LogP contribution in [0.25, 0.3) is 11.1 Å². The number of aromatic nitrogens is 2. The zero-order valence-electron chi connectivity index (χ0n) is 16.2. The smallest absolute Gasteiger partial charge is 0.328 e. The van der Waals surface area contributed by atoms with Gasteiger partial charge in [-0.05, 0) is 47.0 Å². The van der Waals surface area contributed by atoms with Gasteiger partial charge in [-0.25, -0.2) is 8.42 Å². The maximum atomic E-state index is 13.3. The highest BCUT2D eigenvalue weighted by Crippen LogP contribution is 2.34. The largest absolute Gasteiger partial charge is 0.417 e. The average molecular weight is 447 g/mol. The van der Waals surface area contributed by atoms with E-state index in [2.05, 4.69) is 9.97 Å². The van der Waals surface area contributed by atoms with Gasteiger partial charge in [0.15, 0.2) is 9.84 Å². The Balaban J connectivity index is 1.74. The number of fused-ring (bicyclic) bond motifs is 1. The second kappa shape index (κ2) is 7.45. The lowest BCUT2D eigenvalue weighted by atomic mass is 9.99. The predicted octanol–water partition coefficient (Wildman–Crippen LogP) is 3.72. The van der Waals surface area contributed by atoms with Gasteiger partial charge in [0.1, 0.15) is 0 Å². The number of halogens is 3. The van der Waals surface area contributed by atoms with E-state index in [1.165, 1.54) is 17.0 Å². The maximum absolute atomic E-state index is 13.3. The topological polar surface area (TPSA) is 80.2 Å². The lowest BCUT2D eigenvalue weighted by Gasteiger charge is -2.18. The molecule has 0 aliphatic carbocycles. The Morgan fingerprint density at radius 2 is 1.77 bits per heavy atom. The van der Waals surface area contributed by atoms with Gasteiger partial charge in [-0.1, -0.05) is 6.07 Å². The van der Waals surface area contributed by atoms with E-state index in [1.54, 1.807) is 30.6 Å². The van der Waals surface area contributed by atoms with E-state index < -0.39 is 27.5 Å². The van der Waals surface area contributed by atoms with E-state index in [1.807, 2.05) is 0 Å². The molecular weight excluding hydrogens is 431 g/mol. The van der Waals surface area contributed by atoms with Gasteiger partial charge < -0.3 is 4.90 Å². The van der Waals surface area contributed by atoms with Crippen LogP contribution >= 0.6 is 0 Å². The molecule has 1 amide bonds. The van der Waals surface area contributed by atoms with Crippen LogP contribution in [0.3, 0.4) is 0 Å². The van der Waals surface area contributed by atoms with Gasteiger partial charge >= 0.3 is 6.18 Å². The summed E-state index contributed by atoms with van der Waals surface area (Å²) >= 11 is 0. The van der Waals surface area contributed by atoms with Crippen LogP contribution in [0.4, 0.5) is 13.2 Å². The Kier molecular flexibility index (Phi) is 5.04. The van der Waals surface area contributed by atoms with Gasteiger partial charge in [-0.15, -0.1) is 0 Å². The minimum Gasteiger partial charge on any atom is -0.328 e. The first kappa shape index (κ1) is 21.0. The van der Waals surface area contributed by atoms with Crippen molar-refractivity contribution in [3.63, 3.8) is 0 Å². The SMILES string of the molecule is CS(=O)(=O)c1ccc(-c2ccncc2)c(C(=O)N2Cc3cc(C(F)(F)F)cnc3C2)c1. The minimum atomic E-state index is -4.53. The first-order chi connectivity index (χ1) is 14.5. The third kappa shape index (κ3) is 4.15. The normalized spacial score (nSPS) is 13.9. The molecule has 0 saturated carbocycles. The molecule has 0 radical (unpaired) electrons. The average Bonchev–Trinajstić information content (AvgIpc) is 3.15. The van der Waals surface area contributed by atoms with Crippen molar-refractivity contribution in [3.05, 3.63) is 77.4 Å². The van der Waals surface area contributed by atoms with E-state index in [0.717, 1.165) is 18.5 Å². The summed E-state index contributed by atoms with van der Waals surface area (Å²) in [7, 11) is -3.58. The molecule has 3 aromatic rings. The lowest BCUT2D eigenvalue weighted by Crippen LogP contribution is -2.26. The molecule has 0 saturated heterocycles. The molecule has 1 aliphatic heterocycles. The summed E-state index contributed by atoms with van der Waals surface area (Å²) < 4.78 is 63.0. The van der Waals surface area contributed by atoms with Gasteiger partial charge in [-0.2, -0.15) is 13.2 Å². The van der Waals surface area contributed by atoms with Crippen LogP contribution in [-0.4, -0.2) is 35.4 Å². The van der Waals surface area contributed by atoms with Gasteiger partial charge in [0.05, 0.1) is 22.7 Å². The Hall–Kier alpha value is -3.27. The molecule has 0 atom stereocenters. The third-order valence-corrected chi connectivity index (χ3v) is 6.13. The number of pyridine rings is 2. The number of hydrogen-bond donors (Lipinski definition) is 0. The Labute approximate surface area is 176 Å². The van der Waals surface area contributed by atoms with Crippen molar-refractivity contribution in [2.24, 2.45) is 0 Å². The highest BCUT2D eigenvalue weighted by molar-refractivity contribution is 7.90. The highest BCUT2D eigenvalue weighted by Gasteiger charge is 2.34. The number of amides is 1. The third-order valence-electron chi connectivity index (χ3n) is 5.02. The molecule has 0 N–H and O–H groups in total. The summed E-state index contributed by atoms with van der Waals surface area (Å²) in [5.41, 5.74) is 1.11. The summed E-state index contributed by atoms with van der Waals surface area (Å²) in [6, 6.07) is 8.61. The monoisotopic (exact) mass is 447 g/mol. The van der Waals surface area contributed by atoms with Gasteiger partial charge in [0.25, 0.3) is 5.91 Å². The number of nitrogens with zero attached hydrogens (tertiary/aromatic N) is 3. The number of hydrogen-bond acceptors (Lipinski definition) is 5. The molecule has 0 bridgehead atoms. The van der Waals surface area contributed by atoms with Crippen molar-refractivity contribution in [1.29, 1.82) is 0 Å². The molecule has 31 heavy (non-hydrogen) atoms. The van der Waals surface area contributed by atoms with E-state index in [0.29, 0.717) is 22.4 Å². The van der Waals surface area contributed by atoms with Crippen molar-refractivity contribution < 1.29 is 26.4 Å². The number of carbonyl (C=O) groups excluding carboxylic acids is 1. The second-order valence-corrected chi connectivity index (χ2v) is 9.22. The number of rotatable bonds is 3. The van der Waals surface area contributed by atoms with E-state index in [9.17, 15) is 26.4 Å². The van der Waals surface area contributed by atoms with Gasteiger partial charge in [-0.3, -0.25) is 14.8 Å². The van der Waals surface area contributed by atoms with Crippen LogP contribution in [0.1, 0.15) is 27.2 Å². The Morgan fingerprint density at radius 3 is 2.42 bits per heavy atom. The fraction of sp³-hybridized carbons (Fsp3) is 0.190. The highest BCUT2D eigenvalue weighted by atomic mass is 32.2. The Bertz CT molecular complexity index is 1280. The van der Waals surface area contributed by atoms with Crippen LogP contribution < -0.4 is 0 Å². The molecule has 4 rings (SSSR count). The summed E-state index contributed by atoms with van der Waals surface area (Å²) in [5, 5.41) is 0. The molecule has 10 heteroatoms. The summed E-state index contributed by atoms with van der Waals surface area (Å²) in [5.74, 6) is -0.496. The van der Waals surface area contributed by atoms with Crippen LogP contribution in [0.15, 0.2) is 59.9 Å². The minimum absolute atomic E-state index is 0.0251. The molecule has 0 unspecified atom stereocenters. The number of sulfone groups is 1. The Morgan fingerprint density at radius 1 is 1.06 bits per heavy atom. The summed E-state index contributed by atoms with van der Waals surface area (Å²) in [6.07, 6.45) is 0.346. The molecule has 1 aromatic carbocycles. The molecule has 160 valence electrons. The quantitative estimate of drug-likeness (QED) is 0.611. The molecule has 3 heterocycles. The van der Waals surface area contributed by atoms with Crippen molar-refractivity contribution in [3.8, 4) is 11.1 Å². The molecule has 0 fully saturated rings. The number of alkyl halides is 3. The van der Waals surface area contributed by atoms with Gasteiger partial charge in [0, 0.05) is 37.0 Å². The fourth-order valence-corrected chi connectivity index (χ4v) is 4.09. The zero-order valence-corrected chi connectivity index (χ0v) is 17.0. The molecule has 2 aromatic heterocycles. The zero-order chi connectivity index (χ0) is 22.4. The van der Waals surface area contributed by atoms with Gasteiger partial charge in [0.2, 0.25) is 0 Å². The van der Waals surface area contributed by atoms with Crippen molar-refractivity contribution in [2.45, 2.75) is 24.2 Å². The van der Waals surface area contributed by atoms with Crippen LogP contribution in [-0.2, 0) is 29.1 Å². The predicted molar refractivity (Wildman–Crippen MR) is 106 cm³/mol. The van der Waals surface area contributed by atoms with Crippen LogP contribution in [0.2, 0.25) is 0 Å². The second-order valence-electron chi connectivity index (χ2n) is 7.20. The molecule has 0 spiro atoms. The lowest BCUT2D eigenvalue weighted by molar-refractivity contribution is -0.137. The van der Waals surface area contributed by atoms with Crippen molar-refractivity contribution >= 4 is 15.7 Å². The van der Waals surface area contributed by atoms with E-state index in [4.69, 9.17) is 0 Å². The van der Waals surface area contributed by atoms with Crippen molar-refractivity contribution in [2.75, 3.05) is 6.26 Å². The summed E-state index contributed by atoms with van der Waals surface area (Å²) in [6.45, 7) is -0.0187. The van der Waals surface area contributed by atoms with Crippen molar-refractivity contribution in [1.82, 2.24) is 14.9 Å². The first-order valence-corrected chi connectivity index (χ1v) is 11.0. The fourth-order valence-electron chi connectivity index (χ4n) is 3.44. The standard InChI is InChI=1S/C21H16F3N3O3S/c1-31(29,30)16-2-3-17(13-4-6-25-7-5-13)18(9-16)20(28)27-11-14-8-15(21(22,23)24)10-26-19(14)12-27/h2-10H,11-12H2,1H3. The maximum Gasteiger partial charge on any atom is 0.417 e. The van der Waals surface area contributed by atoms with E-state index in [-0.39, 0.29) is 23.5 Å². The van der Waals surface area contributed by atoms with Crippen LogP contribution in [0, 0.1) is 0 Å². The molecule has 1 aliphatic rings. The molecular formula is C21H16F3N3O3S. The first-order valence-electron chi connectivity index (χ1n) is 9.13. The summed E-state index contributed by atoms with van der Waals surface area (Å²) in [4.78, 5) is 22.5. The van der Waals surface area contributed by atoms with Crippen LogP contribution in [0.5, 0.6) is 0 Å². The molecule has 6 nitrogen and oxygen atoms in total. The number of benzene rings is 1. The number of carbonyl (C=O) groups is 1. The van der Waals surface area contributed by atoms with E-state index >= 15 is 0 Å².